The van der Waals surface area contributed by atoms with Gasteiger partial charge in [-0.2, -0.15) is 0 Å². The van der Waals surface area contributed by atoms with Crippen molar-refractivity contribution in [2.24, 2.45) is 0 Å². The van der Waals surface area contributed by atoms with Crippen molar-refractivity contribution in [1.29, 1.82) is 0 Å². The highest BCUT2D eigenvalue weighted by Crippen LogP contribution is 2.29. The lowest BCUT2D eigenvalue weighted by atomic mass is 9.88. The topological polar surface area (TPSA) is 41.5 Å². The zero-order chi connectivity index (χ0) is 11.8. The summed E-state index contributed by atoms with van der Waals surface area (Å²) in [7, 11) is 1.55. The van der Waals surface area contributed by atoms with E-state index in [0.29, 0.717) is 19.2 Å². The number of phenolic OH excluding ortho intramolecular Hbond substituents is 1. The molecule has 0 bridgehead atoms. The highest BCUT2D eigenvalue weighted by atomic mass is 19.1. The third-order valence-corrected chi connectivity index (χ3v) is 2.95. The van der Waals surface area contributed by atoms with Crippen molar-refractivity contribution < 1.29 is 18.6 Å². The van der Waals surface area contributed by atoms with Gasteiger partial charge in [-0.1, -0.05) is 0 Å². The van der Waals surface area contributed by atoms with Gasteiger partial charge in [-0.25, -0.2) is 8.78 Å². The predicted octanol–water partition coefficient (Wildman–Crippen LogP) is 1.20. The molecule has 0 unspecified atom stereocenters. The first-order chi connectivity index (χ1) is 7.56. The standard InChI is InChI=1S/C11H13F2NO2/c1-16-11(5-14-6-11)4-7-2-8(12)3-9(13)10(7)15/h2-3,14-15H,4-6H2,1H3. The van der Waals surface area contributed by atoms with Crippen molar-refractivity contribution in [2.75, 3.05) is 20.2 Å². The van der Waals surface area contributed by atoms with E-state index in [9.17, 15) is 13.9 Å². The van der Waals surface area contributed by atoms with E-state index in [1.807, 2.05) is 0 Å². The summed E-state index contributed by atoms with van der Waals surface area (Å²) >= 11 is 0. The van der Waals surface area contributed by atoms with Crippen LogP contribution in [0.2, 0.25) is 0 Å². The molecule has 0 radical (unpaired) electrons. The quantitative estimate of drug-likeness (QED) is 0.818. The number of benzene rings is 1. The van der Waals surface area contributed by atoms with E-state index < -0.39 is 23.0 Å². The Bertz CT molecular complexity index is 400. The first-order valence-corrected chi connectivity index (χ1v) is 4.99. The van der Waals surface area contributed by atoms with Gasteiger partial charge in [0.15, 0.2) is 11.6 Å². The maximum Gasteiger partial charge on any atom is 0.168 e. The Labute approximate surface area is 92.0 Å². The third kappa shape index (κ3) is 1.88. The van der Waals surface area contributed by atoms with Crippen LogP contribution in [0.5, 0.6) is 5.75 Å². The molecule has 1 aliphatic rings. The zero-order valence-corrected chi connectivity index (χ0v) is 8.89. The number of hydrogen-bond donors (Lipinski definition) is 2. The van der Waals surface area contributed by atoms with Crippen molar-refractivity contribution in [2.45, 2.75) is 12.0 Å². The van der Waals surface area contributed by atoms with Gasteiger partial charge in [-0.3, -0.25) is 0 Å². The Kier molecular flexibility index (Phi) is 2.82. The molecule has 0 saturated carbocycles. The summed E-state index contributed by atoms with van der Waals surface area (Å²) in [5, 5.41) is 12.5. The van der Waals surface area contributed by atoms with Crippen molar-refractivity contribution in [1.82, 2.24) is 5.32 Å². The molecule has 0 aromatic heterocycles. The van der Waals surface area contributed by atoms with Gasteiger partial charge in [0, 0.05) is 38.2 Å². The Morgan fingerprint density at radius 2 is 2.12 bits per heavy atom. The average Bonchev–Trinajstić information content (AvgIpc) is 2.18. The summed E-state index contributed by atoms with van der Waals surface area (Å²) in [5.41, 5.74) is -0.224. The lowest BCUT2D eigenvalue weighted by Crippen LogP contribution is -2.61. The van der Waals surface area contributed by atoms with Gasteiger partial charge < -0.3 is 15.2 Å². The van der Waals surface area contributed by atoms with E-state index in [0.717, 1.165) is 6.07 Å². The van der Waals surface area contributed by atoms with E-state index in [1.54, 1.807) is 7.11 Å². The second-order valence-corrected chi connectivity index (χ2v) is 4.06. The summed E-state index contributed by atoms with van der Waals surface area (Å²) in [6, 6.07) is 1.80. The van der Waals surface area contributed by atoms with Gasteiger partial charge >= 0.3 is 0 Å². The molecule has 0 atom stereocenters. The number of aromatic hydroxyl groups is 1. The van der Waals surface area contributed by atoms with E-state index in [-0.39, 0.29) is 12.0 Å². The van der Waals surface area contributed by atoms with Crippen LogP contribution in [-0.4, -0.2) is 30.9 Å². The molecule has 1 fully saturated rings. The van der Waals surface area contributed by atoms with Gasteiger partial charge in [0.1, 0.15) is 5.82 Å². The number of halogens is 2. The summed E-state index contributed by atoms with van der Waals surface area (Å²) in [6.07, 6.45) is 0.289. The van der Waals surface area contributed by atoms with Crippen LogP contribution in [-0.2, 0) is 11.2 Å². The lowest BCUT2D eigenvalue weighted by Gasteiger charge is -2.41. The first kappa shape index (κ1) is 11.3. The second kappa shape index (κ2) is 3.99. The molecule has 5 heteroatoms. The molecule has 88 valence electrons. The molecule has 2 N–H and O–H groups in total. The average molecular weight is 229 g/mol. The number of methoxy groups -OCH3 is 1. The highest BCUT2D eigenvalue weighted by molar-refractivity contribution is 5.36. The van der Waals surface area contributed by atoms with Crippen molar-refractivity contribution >= 4 is 0 Å². The summed E-state index contributed by atoms with van der Waals surface area (Å²) in [6.45, 7) is 1.22. The van der Waals surface area contributed by atoms with Gasteiger partial charge in [0.2, 0.25) is 0 Å². The largest absolute Gasteiger partial charge is 0.505 e. The van der Waals surface area contributed by atoms with Crippen LogP contribution in [0.3, 0.4) is 0 Å². The normalized spacial score (nSPS) is 18.2. The highest BCUT2D eigenvalue weighted by Gasteiger charge is 2.38. The van der Waals surface area contributed by atoms with Crippen LogP contribution in [0.25, 0.3) is 0 Å². The van der Waals surface area contributed by atoms with Crippen LogP contribution < -0.4 is 5.32 Å². The van der Waals surface area contributed by atoms with Crippen LogP contribution >= 0.6 is 0 Å². The summed E-state index contributed by atoms with van der Waals surface area (Å²) in [5.74, 6) is -2.12. The lowest BCUT2D eigenvalue weighted by molar-refractivity contribution is -0.0506. The minimum atomic E-state index is -0.937. The van der Waals surface area contributed by atoms with Crippen LogP contribution in [0.4, 0.5) is 8.78 Å². The zero-order valence-electron chi connectivity index (χ0n) is 8.89. The molecule has 0 aliphatic carbocycles. The fourth-order valence-corrected chi connectivity index (χ4v) is 1.85. The Balaban J connectivity index is 2.27. The van der Waals surface area contributed by atoms with Gasteiger partial charge in [0.25, 0.3) is 0 Å². The van der Waals surface area contributed by atoms with E-state index in [2.05, 4.69) is 5.32 Å². The molecule has 16 heavy (non-hydrogen) atoms. The maximum absolute atomic E-state index is 13.1. The first-order valence-electron chi connectivity index (χ1n) is 4.99. The van der Waals surface area contributed by atoms with Crippen LogP contribution in [0, 0.1) is 11.6 Å². The smallest absolute Gasteiger partial charge is 0.168 e. The molecule has 1 aromatic carbocycles. The van der Waals surface area contributed by atoms with Crippen LogP contribution in [0.15, 0.2) is 12.1 Å². The molecule has 1 aliphatic heterocycles. The molecule has 1 aromatic rings. The van der Waals surface area contributed by atoms with E-state index >= 15 is 0 Å². The summed E-state index contributed by atoms with van der Waals surface area (Å²) < 4.78 is 31.4. The third-order valence-electron chi connectivity index (χ3n) is 2.95. The Hall–Kier alpha value is -1.20. The monoisotopic (exact) mass is 229 g/mol. The second-order valence-electron chi connectivity index (χ2n) is 4.06. The number of phenols is 1. The van der Waals surface area contributed by atoms with E-state index in [4.69, 9.17) is 4.74 Å². The fourth-order valence-electron chi connectivity index (χ4n) is 1.85. The number of ether oxygens (including phenoxy) is 1. The molecule has 3 nitrogen and oxygen atoms in total. The molecule has 0 amide bonds. The van der Waals surface area contributed by atoms with Crippen LogP contribution in [0.1, 0.15) is 5.56 Å². The van der Waals surface area contributed by atoms with Gasteiger partial charge in [-0.05, 0) is 6.07 Å². The number of rotatable bonds is 3. The molecule has 2 rings (SSSR count). The maximum atomic E-state index is 13.1. The van der Waals surface area contributed by atoms with Crippen molar-refractivity contribution in [3.63, 3.8) is 0 Å². The minimum absolute atomic E-state index is 0.237. The van der Waals surface area contributed by atoms with Gasteiger partial charge in [-0.15, -0.1) is 0 Å². The molecular weight excluding hydrogens is 216 g/mol. The molecule has 0 spiro atoms. The van der Waals surface area contributed by atoms with Crippen molar-refractivity contribution in [3.8, 4) is 5.75 Å². The van der Waals surface area contributed by atoms with E-state index in [1.165, 1.54) is 0 Å². The fraction of sp³-hybridized carbons (Fsp3) is 0.455. The molecular formula is C11H13F2NO2. The van der Waals surface area contributed by atoms with Crippen molar-refractivity contribution in [3.05, 3.63) is 29.3 Å². The summed E-state index contributed by atoms with van der Waals surface area (Å²) in [4.78, 5) is 0. The predicted molar refractivity (Wildman–Crippen MR) is 54.3 cm³/mol. The Morgan fingerprint density at radius 1 is 1.44 bits per heavy atom. The minimum Gasteiger partial charge on any atom is -0.505 e. The van der Waals surface area contributed by atoms with Gasteiger partial charge in [0.05, 0.1) is 5.60 Å². The number of nitrogens with one attached hydrogen (secondary N) is 1. The Morgan fingerprint density at radius 3 is 2.62 bits per heavy atom. The molecule has 1 saturated heterocycles. The molecule has 1 heterocycles. The number of hydrogen-bond acceptors (Lipinski definition) is 3. The SMILES string of the molecule is COC1(Cc2cc(F)cc(F)c2O)CNC1.